The highest BCUT2D eigenvalue weighted by molar-refractivity contribution is 5.75. The summed E-state index contributed by atoms with van der Waals surface area (Å²) in [6, 6.07) is 0.104. The van der Waals surface area contributed by atoms with Crippen LogP contribution >= 0.6 is 0 Å². The van der Waals surface area contributed by atoms with E-state index in [1.165, 1.54) is 0 Å². The lowest BCUT2D eigenvalue weighted by Crippen LogP contribution is -2.53. The summed E-state index contributed by atoms with van der Waals surface area (Å²) in [6.45, 7) is 9.74. The first-order valence-electron chi connectivity index (χ1n) is 5.60. The molecule has 1 aliphatic rings. The third-order valence-corrected chi connectivity index (χ3v) is 2.78. The van der Waals surface area contributed by atoms with E-state index in [4.69, 9.17) is 9.47 Å². The van der Waals surface area contributed by atoms with Gasteiger partial charge in [-0.2, -0.15) is 0 Å². The van der Waals surface area contributed by atoms with Gasteiger partial charge >= 0.3 is 5.97 Å². The van der Waals surface area contributed by atoms with Crippen LogP contribution in [-0.2, 0) is 14.3 Å². The molecule has 1 aliphatic heterocycles. The fraction of sp³-hybridized carbons (Fsp3) is 0.909. The molecule has 0 spiro atoms. The summed E-state index contributed by atoms with van der Waals surface area (Å²) >= 11 is 0. The molecule has 1 fully saturated rings. The van der Waals surface area contributed by atoms with Gasteiger partial charge in [-0.15, -0.1) is 0 Å². The van der Waals surface area contributed by atoms with Crippen molar-refractivity contribution in [1.82, 2.24) is 4.90 Å². The van der Waals surface area contributed by atoms with Crippen LogP contribution in [0.2, 0.25) is 0 Å². The molecule has 0 amide bonds. The summed E-state index contributed by atoms with van der Waals surface area (Å²) in [5, 5.41) is 0. The lowest BCUT2D eigenvalue weighted by Gasteiger charge is -2.39. The summed E-state index contributed by atoms with van der Waals surface area (Å²) in [5.41, 5.74) is 0. The van der Waals surface area contributed by atoms with Gasteiger partial charge in [-0.05, 0) is 27.7 Å². The summed E-state index contributed by atoms with van der Waals surface area (Å²) in [6.07, 6.45) is 0.193. The third-order valence-electron chi connectivity index (χ3n) is 2.78. The molecule has 0 aromatic rings. The van der Waals surface area contributed by atoms with Crippen LogP contribution in [0.25, 0.3) is 0 Å². The van der Waals surface area contributed by atoms with Crippen LogP contribution in [0.15, 0.2) is 0 Å². The number of hydrogen-bond acceptors (Lipinski definition) is 4. The van der Waals surface area contributed by atoms with E-state index in [9.17, 15) is 4.79 Å². The fourth-order valence-electron chi connectivity index (χ4n) is 1.87. The largest absolute Gasteiger partial charge is 0.465 e. The Morgan fingerprint density at radius 1 is 1.60 bits per heavy atom. The van der Waals surface area contributed by atoms with E-state index < -0.39 is 0 Å². The highest BCUT2D eigenvalue weighted by Gasteiger charge is 2.31. The lowest BCUT2D eigenvalue weighted by molar-refractivity contribution is -0.154. The smallest absolute Gasteiger partial charge is 0.323 e. The van der Waals surface area contributed by atoms with Crippen molar-refractivity contribution in [2.75, 3.05) is 19.8 Å². The van der Waals surface area contributed by atoms with Crippen molar-refractivity contribution in [3.63, 3.8) is 0 Å². The minimum Gasteiger partial charge on any atom is -0.465 e. The van der Waals surface area contributed by atoms with Gasteiger partial charge in [-0.25, -0.2) is 0 Å². The van der Waals surface area contributed by atoms with Gasteiger partial charge in [0.15, 0.2) is 0 Å². The standard InChI is InChI=1S/C11H21NO3/c1-5-14-11(13)10(4)12-6-9(3)15-7-8(12)2/h8-10H,5-7H2,1-4H3. The molecule has 1 heterocycles. The van der Waals surface area contributed by atoms with Crippen molar-refractivity contribution in [3.8, 4) is 0 Å². The highest BCUT2D eigenvalue weighted by Crippen LogP contribution is 2.15. The molecular formula is C11H21NO3. The Morgan fingerprint density at radius 2 is 2.27 bits per heavy atom. The van der Waals surface area contributed by atoms with Crippen LogP contribution in [0.5, 0.6) is 0 Å². The molecule has 4 heteroatoms. The lowest BCUT2D eigenvalue weighted by atomic mass is 10.1. The first-order chi connectivity index (χ1) is 7.06. The van der Waals surface area contributed by atoms with Gasteiger partial charge in [0.1, 0.15) is 6.04 Å². The van der Waals surface area contributed by atoms with Gasteiger partial charge in [0.05, 0.1) is 19.3 Å². The number of esters is 1. The molecule has 88 valence electrons. The molecule has 3 atom stereocenters. The molecule has 1 saturated heterocycles. The normalized spacial score (nSPS) is 29.9. The van der Waals surface area contributed by atoms with Gasteiger partial charge in [0.2, 0.25) is 0 Å². The van der Waals surface area contributed by atoms with Crippen LogP contribution in [0.4, 0.5) is 0 Å². The van der Waals surface area contributed by atoms with E-state index in [1.807, 2.05) is 20.8 Å². The predicted molar refractivity (Wildman–Crippen MR) is 57.7 cm³/mol. The minimum atomic E-state index is -0.175. The number of nitrogens with zero attached hydrogens (tertiary/aromatic N) is 1. The summed E-state index contributed by atoms with van der Waals surface area (Å²) < 4.78 is 10.5. The van der Waals surface area contributed by atoms with E-state index in [2.05, 4.69) is 11.8 Å². The quantitative estimate of drug-likeness (QED) is 0.660. The molecule has 3 unspecified atom stereocenters. The number of carbonyl (C=O) groups excluding carboxylic acids is 1. The van der Waals surface area contributed by atoms with E-state index in [-0.39, 0.29) is 24.2 Å². The van der Waals surface area contributed by atoms with Crippen molar-refractivity contribution in [2.24, 2.45) is 0 Å². The van der Waals surface area contributed by atoms with Gasteiger partial charge in [-0.3, -0.25) is 9.69 Å². The zero-order valence-electron chi connectivity index (χ0n) is 10.0. The molecule has 0 N–H and O–H groups in total. The Bertz CT molecular complexity index is 220. The van der Waals surface area contributed by atoms with Gasteiger partial charge in [-0.1, -0.05) is 0 Å². The van der Waals surface area contributed by atoms with E-state index in [0.29, 0.717) is 13.2 Å². The van der Waals surface area contributed by atoms with Crippen molar-refractivity contribution in [1.29, 1.82) is 0 Å². The number of carbonyl (C=O) groups is 1. The molecule has 0 aromatic carbocycles. The van der Waals surface area contributed by atoms with E-state index in [1.54, 1.807) is 0 Å². The fourth-order valence-corrected chi connectivity index (χ4v) is 1.87. The number of ether oxygens (including phenoxy) is 2. The maximum absolute atomic E-state index is 11.6. The second kappa shape index (κ2) is 5.47. The Balaban J connectivity index is 2.56. The predicted octanol–water partition coefficient (Wildman–Crippen LogP) is 1.05. The molecule has 4 nitrogen and oxygen atoms in total. The molecule has 0 radical (unpaired) electrons. The maximum Gasteiger partial charge on any atom is 0.323 e. The Morgan fingerprint density at radius 3 is 2.87 bits per heavy atom. The summed E-state index contributed by atoms with van der Waals surface area (Å²) in [4.78, 5) is 13.7. The van der Waals surface area contributed by atoms with Gasteiger partial charge in [0, 0.05) is 12.6 Å². The van der Waals surface area contributed by atoms with Crippen molar-refractivity contribution in [3.05, 3.63) is 0 Å². The zero-order chi connectivity index (χ0) is 11.4. The maximum atomic E-state index is 11.6. The van der Waals surface area contributed by atoms with Crippen LogP contribution < -0.4 is 0 Å². The van der Waals surface area contributed by atoms with E-state index in [0.717, 1.165) is 6.54 Å². The minimum absolute atomic E-state index is 0.140. The van der Waals surface area contributed by atoms with Crippen molar-refractivity contribution >= 4 is 5.97 Å². The van der Waals surface area contributed by atoms with Crippen LogP contribution in [0.1, 0.15) is 27.7 Å². The number of hydrogen-bond donors (Lipinski definition) is 0. The van der Waals surface area contributed by atoms with Crippen molar-refractivity contribution < 1.29 is 14.3 Å². The highest BCUT2D eigenvalue weighted by atomic mass is 16.5. The molecular weight excluding hydrogens is 194 g/mol. The van der Waals surface area contributed by atoms with Crippen LogP contribution in [-0.4, -0.2) is 48.8 Å². The number of rotatable bonds is 3. The van der Waals surface area contributed by atoms with Crippen LogP contribution in [0, 0.1) is 0 Å². The molecule has 0 aliphatic carbocycles. The van der Waals surface area contributed by atoms with Gasteiger partial charge in [0.25, 0.3) is 0 Å². The Kier molecular flexibility index (Phi) is 4.54. The topological polar surface area (TPSA) is 38.8 Å². The molecule has 0 bridgehead atoms. The third kappa shape index (κ3) is 3.18. The Hall–Kier alpha value is -0.610. The average Bonchev–Trinajstić information content (AvgIpc) is 2.21. The Labute approximate surface area is 91.5 Å². The SMILES string of the molecule is CCOC(=O)C(C)N1CC(C)OCC1C. The first kappa shape index (κ1) is 12.5. The first-order valence-corrected chi connectivity index (χ1v) is 5.60. The second-order valence-electron chi connectivity index (χ2n) is 4.12. The summed E-state index contributed by atoms with van der Waals surface area (Å²) in [7, 11) is 0. The summed E-state index contributed by atoms with van der Waals surface area (Å²) in [5.74, 6) is -0.140. The van der Waals surface area contributed by atoms with Crippen molar-refractivity contribution in [2.45, 2.75) is 45.9 Å². The van der Waals surface area contributed by atoms with Crippen LogP contribution in [0.3, 0.4) is 0 Å². The molecule has 0 saturated carbocycles. The number of morpholine rings is 1. The monoisotopic (exact) mass is 215 g/mol. The van der Waals surface area contributed by atoms with Gasteiger partial charge < -0.3 is 9.47 Å². The second-order valence-corrected chi connectivity index (χ2v) is 4.12. The molecule has 0 aromatic heterocycles. The van der Waals surface area contributed by atoms with E-state index >= 15 is 0 Å². The molecule has 15 heavy (non-hydrogen) atoms. The zero-order valence-corrected chi connectivity index (χ0v) is 10.0. The molecule has 1 rings (SSSR count). The average molecular weight is 215 g/mol.